The Hall–Kier alpha value is -0.730. The minimum Gasteiger partial charge on any atom is -0.360 e. The van der Waals surface area contributed by atoms with Gasteiger partial charge in [0.1, 0.15) is 5.82 Å². The first-order chi connectivity index (χ1) is 9.62. The smallest absolute Gasteiger partial charge is 0.202 e. The highest BCUT2D eigenvalue weighted by Crippen LogP contribution is 2.39. The summed E-state index contributed by atoms with van der Waals surface area (Å²) in [6, 6.07) is 0. The molecule has 0 atom stereocenters. The maximum Gasteiger partial charge on any atom is 0.202 e. The fourth-order valence-electron chi connectivity index (χ4n) is 2.29. The van der Waals surface area contributed by atoms with E-state index in [1.165, 1.54) is 24.4 Å². The number of anilines is 1. The molecule has 1 saturated heterocycles. The van der Waals surface area contributed by atoms with E-state index >= 15 is 0 Å². The van der Waals surface area contributed by atoms with Gasteiger partial charge in [0, 0.05) is 37.1 Å². The summed E-state index contributed by atoms with van der Waals surface area (Å²) in [4.78, 5) is 6.70. The van der Waals surface area contributed by atoms with Crippen LogP contribution in [0.5, 0.6) is 0 Å². The Morgan fingerprint density at radius 1 is 1.30 bits per heavy atom. The molecule has 2 aliphatic rings. The lowest BCUT2D eigenvalue weighted by Gasteiger charge is -2.26. The molecular weight excluding hydrogens is 296 g/mol. The van der Waals surface area contributed by atoms with Crippen molar-refractivity contribution in [2.75, 3.05) is 43.0 Å². The topological polar surface area (TPSA) is 75.2 Å². The Morgan fingerprint density at radius 3 is 2.75 bits per heavy atom. The number of aromatic nitrogens is 2. The molecule has 0 spiro atoms. The van der Waals surface area contributed by atoms with Gasteiger partial charge in [-0.3, -0.25) is 0 Å². The third kappa shape index (κ3) is 3.89. The fraction of sp³-hybridized carbons (Fsp3) is 0.833. The first-order valence-corrected chi connectivity index (χ1v) is 9.72. The Balaban J connectivity index is 1.33. The fourth-order valence-corrected chi connectivity index (χ4v) is 4.23. The van der Waals surface area contributed by atoms with Crippen molar-refractivity contribution in [1.82, 2.24) is 14.3 Å². The van der Waals surface area contributed by atoms with Crippen LogP contribution in [0.25, 0.3) is 0 Å². The van der Waals surface area contributed by atoms with Crippen LogP contribution in [-0.4, -0.2) is 60.4 Å². The van der Waals surface area contributed by atoms with Gasteiger partial charge in [-0.25, -0.2) is 13.4 Å². The standard InChI is InChI=1S/C12H20N4O2S2/c17-20(18)8-6-16(7-9-20)5-1-4-13-12-14-11(15-19-12)10-2-3-10/h10H,1-9H2,(H,13,14,15). The molecule has 20 heavy (non-hydrogen) atoms. The third-order valence-electron chi connectivity index (χ3n) is 3.75. The van der Waals surface area contributed by atoms with Crippen LogP contribution in [0.15, 0.2) is 0 Å². The van der Waals surface area contributed by atoms with Crippen molar-refractivity contribution in [3.8, 4) is 0 Å². The van der Waals surface area contributed by atoms with Gasteiger partial charge >= 0.3 is 0 Å². The number of nitrogens with one attached hydrogen (secondary N) is 1. The quantitative estimate of drug-likeness (QED) is 0.788. The van der Waals surface area contributed by atoms with E-state index in [4.69, 9.17) is 0 Å². The first kappa shape index (κ1) is 14.2. The lowest BCUT2D eigenvalue weighted by molar-refractivity contribution is 0.295. The summed E-state index contributed by atoms with van der Waals surface area (Å²) in [6.07, 6.45) is 3.46. The Kier molecular flexibility index (Phi) is 4.23. The van der Waals surface area contributed by atoms with E-state index in [9.17, 15) is 8.42 Å². The minimum atomic E-state index is -2.76. The molecule has 2 heterocycles. The van der Waals surface area contributed by atoms with Crippen LogP contribution in [0.2, 0.25) is 0 Å². The summed E-state index contributed by atoms with van der Waals surface area (Å²) < 4.78 is 27.0. The van der Waals surface area contributed by atoms with E-state index in [0.717, 1.165) is 30.5 Å². The first-order valence-electron chi connectivity index (χ1n) is 7.13. The molecule has 0 aromatic carbocycles. The average Bonchev–Trinajstić information content (AvgIpc) is 3.16. The van der Waals surface area contributed by atoms with E-state index in [-0.39, 0.29) is 0 Å². The lowest BCUT2D eigenvalue weighted by atomic mass is 10.3. The maximum absolute atomic E-state index is 11.3. The van der Waals surface area contributed by atoms with E-state index in [1.807, 2.05) is 0 Å². The van der Waals surface area contributed by atoms with Crippen molar-refractivity contribution in [3.63, 3.8) is 0 Å². The normalized spacial score (nSPS) is 22.8. The third-order valence-corrected chi connectivity index (χ3v) is 6.04. The van der Waals surface area contributed by atoms with Crippen molar-refractivity contribution in [2.24, 2.45) is 0 Å². The predicted molar refractivity (Wildman–Crippen MR) is 80.1 cm³/mol. The van der Waals surface area contributed by atoms with Crippen LogP contribution < -0.4 is 5.32 Å². The van der Waals surface area contributed by atoms with E-state index in [1.54, 1.807) is 0 Å². The van der Waals surface area contributed by atoms with Gasteiger partial charge in [-0.1, -0.05) is 0 Å². The Morgan fingerprint density at radius 2 is 2.05 bits per heavy atom. The summed E-state index contributed by atoms with van der Waals surface area (Å²) >= 11 is 1.44. The molecule has 1 N–H and O–H groups in total. The number of hydrogen-bond donors (Lipinski definition) is 1. The molecule has 2 fully saturated rings. The molecular formula is C12H20N4O2S2. The van der Waals surface area contributed by atoms with Gasteiger partial charge in [-0.05, 0) is 25.8 Å². The SMILES string of the molecule is O=S1(=O)CCN(CCCNc2nc(C3CC3)ns2)CC1. The highest BCUT2D eigenvalue weighted by molar-refractivity contribution is 7.91. The van der Waals surface area contributed by atoms with Crippen LogP contribution in [0.4, 0.5) is 5.13 Å². The zero-order chi connectivity index (χ0) is 14.0. The van der Waals surface area contributed by atoms with Crippen molar-refractivity contribution in [2.45, 2.75) is 25.2 Å². The van der Waals surface area contributed by atoms with Gasteiger partial charge in [-0.15, -0.1) is 0 Å². The molecule has 0 radical (unpaired) electrons. The van der Waals surface area contributed by atoms with Crippen LogP contribution >= 0.6 is 11.5 Å². The summed E-state index contributed by atoms with van der Waals surface area (Å²) in [7, 11) is -2.76. The van der Waals surface area contributed by atoms with Crippen LogP contribution in [-0.2, 0) is 9.84 Å². The number of nitrogens with zero attached hydrogens (tertiary/aromatic N) is 3. The zero-order valence-electron chi connectivity index (χ0n) is 11.4. The Bertz CT molecular complexity index is 540. The molecule has 1 aromatic heterocycles. The van der Waals surface area contributed by atoms with Crippen molar-refractivity contribution < 1.29 is 8.42 Å². The number of rotatable bonds is 6. The summed E-state index contributed by atoms with van der Waals surface area (Å²) in [5, 5.41) is 4.21. The van der Waals surface area contributed by atoms with Crippen molar-refractivity contribution in [3.05, 3.63) is 5.82 Å². The molecule has 3 rings (SSSR count). The van der Waals surface area contributed by atoms with Gasteiger partial charge in [0.15, 0.2) is 9.84 Å². The summed E-state index contributed by atoms with van der Waals surface area (Å²) in [5.41, 5.74) is 0. The van der Waals surface area contributed by atoms with E-state index < -0.39 is 9.84 Å². The van der Waals surface area contributed by atoms with Crippen LogP contribution in [0.1, 0.15) is 31.0 Å². The minimum absolute atomic E-state index is 0.307. The van der Waals surface area contributed by atoms with E-state index in [0.29, 0.717) is 30.5 Å². The zero-order valence-corrected chi connectivity index (χ0v) is 13.0. The van der Waals surface area contributed by atoms with Gasteiger partial charge in [-0.2, -0.15) is 4.37 Å². The van der Waals surface area contributed by atoms with Crippen molar-refractivity contribution in [1.29, 1.82) is 0 Å². The number of sulfone groups is 1. The molecule has 1 aliphatic heterocycles. The van der Waals surface area contributed by atoms with Gasteiger partial charge < -0.3 is 10.2 Å². The van der Waals surface area contributed by atoms with Crippen LogP contribution in [0.3, 0.4) is 0 Å². The Labute approximate surface area is 123 Å². The molecule has 0 amide bonds. The monoisotopic (exact) mass is 316 g/mol. The van der Waals surface area contributed by atoms with Gasteiger partial charge in [0.2, 0.25) is 5.13 Å². The van der Waals surface area contributed by atoms with Gasteiger partial charge in [0.25, 0.3) is 0 Å². The molecule has 6 nitrogen and oxygen atoms in total. The molecule has 1 saturated carbocycles. The van der Waals surface area contributed by atoms with Gasteiger partial charge in [0.05, 0.1) is 11.5 Å². The molecule has 0 unspecified atom stereocenters. The molecule has 112 valence electrons. The largest absolute Gasteiger partial charge is 0.360 e. The van der Waals surface area contributed by atoms with Crippen molar-refractivity contribution >= 4 is 26.5 Å². The lowest BCUT2D eigenvalue weighted by Crippen LogP contribution is -2.41. The highest BCUT2D eigenvalue weighted by atomic mass is 32.2. The molecule has 0 bridgehead atoms. The molecule has 8 heteroatoms. The predicted octanol–water partition coefficient (Wildman–Crippen LogP) is 0.948. The molecule has 1 aromatic rings. The number of hydrogen-bond acceptors (Lipinski definition) is 7. The van der Waals surface area contributed by atoms with Crippen LogP contribution in [0, 0.1) is 0 Å². The maximum atomic E-state index is 11.3. The molecule has 1 aliphatic carbocycles. The summed E-state index contributed by atoms with van der Waals surface area (Å²) in [6.45, 7) is 3.15. The average molecular weight is 316 g/mol. The summed E-state index contributed by atoms with van der Waals surface area (Å²) in [5.74, 6) is 2.22. The second-order valence-electron chi connectivity index (χ2n) is 5.51. The second kappa shape index (κ2) is 5.95. The van der Waals surface area contributed by atoms with E-state index in [2.05, 4.69) is 19.6 Å². The highest BCUT2D eigenvalue weighted by Gasteiger charge is 2.27. The second-order valence-corrected chi connectivity index (χ2v) is 8.56.